The van der Waals surface area contributed by atoms with E-state index < -0.39 is 10.0 Å². The summed E-state index contributed by atoms with van der Waals surface area (Å²) < 4.78 is 34.8. The van der Waals surface area contributed by atoms with Crippen LogP contribution in [0, 0.1) is 0 Å². The number of aromatic nitrogens is 2. The van der Waals surface area contributed by atoms with Crippen LogP contribution in [0.4, 0.5) is 5.69 Å². The number of nitrogens with one attached hydrogen (secondary N) is 2. The van der Waals surface area contributed by atoms with Crippen molar-refractivity contribution in [2.24, 2.45) is 0 Å². The number of hydrogen-bond acceptors (Lipinski definition) is 6. The van der Waals surface area contributed by atoms with Crippen LogP contribution in [0.2, 0.25) is 5.02 Å². The lowest BCUT2D eigenvalue weighted by Gasteiger charge is -2.42. The smallest absolute Gasteiger partial charge is 0.270 e. The van der Waals surface area contributed by atoms with Gasteiger partial charge in [-0.1, -0.05) is 11.6 Å². The van der Waals surface area contributed by atoms with E-state index in [-0.39, 0.29) is 17.4 Å². The lowest BCUT2D eigenvalue weighted by molar-refractivity contribution is -0.0548. The van der Waals surface area contributed by atoms with Crippen LogP contribution < -0.4 is 14.9 Å². The fourth-order valence-corrected chi connectivity index (χ4v) is 5.84. The first-order chi connectivity index (χ1) is 17.2. The third kappa shape index (κ3) is 4.58. The molecule has 2 aromatic carbocycles. The Morgan fingerprint density at radius 3 is 2.50 bits per heavy atom. The first-order valence-electron chi connectivity index (χ1n) is 11.9. The molecule has 0 bridgehead atoms. The highest BCUT2D eigenvalue weighted by Gasteiger charge is 2.39. The summed E-state index contributed by atoms with van der Waals surface area (Å²) in [7, 11) is -0.339. The van der Waals surface area contributed by atoms with Gasteiger partial charge in [0.1, 0.15) is 5.69 Å². The Labute approximate surface area is 215 Å². The molecule has 11 heteroatoms. The zero-order valence-electron chi connectivity index (χ0n) is 20.5. The molecule has 2 heterocycles. The summed E-state index contributed by atoms with van der Waals surface area (Å²) in [5, 5.41) is 11.9. The van der Waals surface area contributed by atoms with Crippen molar-refractivity contribution in [2.75, 3.05) is 44.4 Å². The minimum absolute atomic E-state index is 0.242. The molecule has 9 nitrogen and oxygen atoms in total. The van der Waals surface area contributed by atoms with E-state index in [1.165, 1.54) is 10.6 Å². The number of ether oxygens (including phenoxy) is 1. The molecule has 3 aromatic rings. The summed E-state index contributed by atoms with van der Waals surface area (Å²) in [6.45, 7) is 1.67. The quantitative estimate of drug-likeness (QED) is 0.439. The first kappa shape index (κ1) is 25.0. The van der Waals surface area contributed by atoms with Gasteiger partial charge in [0.15, 0.2) is 0 Å². The standard InChI is InChI=1S/C25H30ClN5O4S/c1-27-24(32)23-20-12-19(16-4-5-16)22(13-21(20)29-31(23)18-8-6-17(26)7-9-18)30(36(3,33)34)11-10-25(35-2)14-28-15-25/h6-9,12-13,16,28H,4-5,10-11,14-15H2,1-3H3,(H,27,32). The molecule has 5 rings (SSSR count). The van der Waals surface area contributed by atoms with Crippen molar-refractivity contribution in [2.45, 2.75) is 30.8 Å². The number of benzene rings is 2. The van der Waals surface area contributed by atoms with Crippen LogP contribution in [0.3, 0.4) is 0 Å². The predicted octanol–water partition coefficient (Wildman–Crippen LogP) is 3.06. The maximum absolute atomic E-state index is 13.0. The van der Waals surface area contributed by atoms with Gasteiger partial charge in [0.2, 0.25) is 10.0 Å². The second kappa shape index (κ2) is 9.33. The number of anilines is 1. The van der Waals surface area contributed by atoms with Gasteiger partial charge < -0.3 is 15.4 Å². The largest absolute Gasteiger partial charge is 0.376 e. The van der Waals surface area contributed by atoms with Gasteiger partial charge in [-0.05, 0) is 67.1 Å². The number of sulfonamides is 1. The van der Waals surface area contributed by atoms with Gasteiger partial charge in [0, 0.05) is 44.2 Å². The Bertz CT molecular complexity index is 1410. The van der Waals surface area contributed by atoms with Crippen molar-refractivity contribution in [3.05, 3.63) is 52.7 Å². The van der Waals surface area contributed by atoms with Crippen molar-refractivity contribution in [1.82, 2.24) is 20.4 Å². The van der Waals surface area contributed by atoms with Crippen molar-refractivity contribution in [3.8, 4) is 5.69 Å². The third-order valence-corrected chi connectivity index (χ3v) is 8.55. The molecule has 0 radical (unpaired) electrons. The van der Waals surface area contributed by atoms with Gasteiger partial charge in [0.25, 0.3) is 5.91 Å². The maximum atomic E-state index is 13.0. The molecule has 2 fully saturated rings. The molecule has 1 saturated carbocycles. The van der Waals surface area contributed by atoms with Crippen molar-refractivity contribution in [3.63, 3.8) is 0 Å². The monoisotopic (exact) mass is 531 g/mol. The minimum atomic E-state index is -3.58. The highest BCUT2D eigenvalue weighted by atomic mass is 35.5. The Hall–Kier alpha value is -2.66. The van der Waals surface area contributed by atoms with Crippen LogP contribution in [-0.4, -0.2) is 69.8 Å². The van der Waals surface area contributed by atoms with E-state index in [0.29, 0.717) is 59.0 Å². The molecular formula is C25H30ClN5O4S. The number of halogens is 1. The molecule has 0 atom stereocenters. The maximum Gasteiger partial charge on any atom is 0.270 e. The number of carbonyl (C=O) groups excluding carboxylic acids is 1. The van der Waals surface area contributed by atoms with E-state index in [4.69, 9.17) is 21.4 Å². The molecule has 0 unspecified atom stereocenters. The summed E-state index contributed by atoms with van der Waals surface area (Å²) >= 11 is 6.07. The molecule has 36 heavy (non-hydrogen) atoms. The van der Waals surface area contributed by atoms with Crippen molar-refractivity contribution in [1.29, 1.82) is 0 Å². The number of amides is 1. The summed E-state index contributed by atoms with van der Waals surface area (Å²) in [5.74, 6) is -0.0340. The van der Waals surface area contributed by atoms with E-state index >= 15 is 0 Å². The molecule has 1 amide bonds. The van der Waals surface area contributed by atoms with Crippen LogP contribution in [0.5, 0.6) is 0 Å². The molecule has 2 N–H and O–H groups in total. The average Bonchev–Trinajstić information content (AvgIpc) is 3.60. The summed E-state index contributed by atoms with van der Waals surface area (Å²) in [4.78, 5) is 13.0. The molecule has 2 aliphatic rings. The fourth-order valence-electron chi connectivity index (χ4n) is 4.78. The van der Waals surface area contributed by atoms with Gasteiger partial charge in [-0.2, -0.15) is 5.10 Å². The highest BCUT2D eigenvalue weighted by Crippen LogP contribution is 2.47. The lowest BCUT2D eigenvalue weighted by atomic mass is 9.92. The van der Waals surface area contributed by atoms with E-state index in [0.717, 1.165) is 18.4 Å². The van der Waals surface area contributed by atoms with E-state index in [2.05, 4.69) is 10.6 Å². The fraction of sp³-hybridized carbons (Fsp3) is 0.440. The normalized spacial score (nSPS) is 17.1. The second-order valence-electron chi connectivity index (χ2n) is 9.59. The first-order valence-corrected chi connectivity index (χ1v) is 14.2. The van der Waals surface area contributed by atoms with E-state index in [9.17, 15) is 13.2 Å². The summed E-state index contributed by atoms with van der Waals surface area (Å²) in [6, 6.07) is 10.8. The molecule has 1 aliphatic carbocycles. The van der Waals surface area contributed by atoms with Crippen LogP contribution in [-0.2, 0) is 14.8 Å². The number of methoxy groups -OCH3 is 1. The predicted molar refractivity (Wildman–Crippen MR) is 141 cm³/mol. The van der Waals surface area contributed by atoms with Crippen LogP contribution in [0.25, 0.3) is 16.6 Å². The molecule has 1 saturated heterocycles. The van der Waals surface area contributed by atoms with Crippen LogP contribution in [0.1, 0.15) is 41.2 Å². The summed E-state index contributed by atoms with van der Waals surface area (Å²) in [6.07, 6.45) is 3.74. The zero-order chi connectivity index (χ0) is 25.7. The van der Waals surface area contributed by atoms with Gasteiger partial charge in [-0.3, -0.25) is 9.10 Å². The second-order valence-corrected chi connectivity index (χ2v) is 11.9. The highest BCUT2D eigenvalue weighted by molar-refractivity contribution is 7.92. The number of carbonyl (C=O) groups is 1. The minimum Gasteiger partial charge on any atom is -0.376 e. The van der Waals surface area contributed by atoms with Crippen LogP contribution >= 0.6 is 11.6 Å². The molecule has 192 valence electrons. The Kier molecular flexibility index (Phi) is 6.48. The Morgan fingerprint density at radius 1 is 1.28 bits per heavy atom. The topological polar surface area (TPSA) is 106 Å². The van der Waals surface area contributed by atoms with E-state index in [1.807, 2.05) is 6.07 Å². The number of nitrogens with zero attached hydrogens (tertiary/aromatic N) is 3. The van der Waals surface area contributed by atoms with Gasteiger partial charge in [0.05, 0.1) is 28.7 Å². The molecule has 1 aromatic heterocycles. The third-order valence-electron chi connectivity index (χ3n) is 7.12. The van der Waals surface area contributed by atoms with Crippen molar-refractivity contribution >= 4 is 44.1 Å². The van der Waals surface area contributed by atoms with Gasteiger partial charge in [-0.15, -0.1) is 0 Å². The molecule has 1 aliphatic heterocycles. The van der Waals surface area contributed by atoms with Crippen LogP contribution in [0.15, 0.2) is 36.4 Å². The number of hydrogen-bond donors (Lipinski definition) is 2. The van der Waals surface area contributed by atoms with Crippen molar-refractivity contribution < 1.29 is 17.9 Å². The van der Waals surface area contributed by atoms with Gasteiger partial charge in [-0.25, -0.2) is 13.1 Å². The molecule has 0 spiro atoms. The Morgan fingerprint density at radius 2 is 1.97 bits per heavy atom. The zero-order valence-corrected chi connectivity index (χ0v) is 22.1. The SMILES string of the molecule is CNC(=O)c1c2cc(C3CC3)c(N(CCC3(OC)CNC3)S(C)(=O)=O)cc2nn1-c1ccc(Cl)cc1. The number of rotatable bonds is 9. The summed E-state index contributed by atoms with van der Waals surface area (Å²) in [5.41, 5.74) is 2.80. The molecular weight excluding hydrogens is 502 g/mol. The van der Waals surface area contributed by atoms with Gasteiger partial charge >= 0.3 is 0 Å². The Balaban J connectivity index is 1.66. The lowest BCUT2D eigenvalue weighted by Crippen LogP contribution is -2.61. The van der Waals surface area contributed by atoms with E-state index in [1.54, 1.807) is 49.2 Å². The average molecular weight is 532 g/mol. The number of fused-ring (bicyclic) bond motifs is 1.